The summed E-state index contributed by atoms with van der Waals surface area (Å²) in [6, 6.07) is 8.91. The fourth-order valence-corrected chi connectivity index (χ4v) is 2.85. The molecule has 0 spiro atoms. The van der Waals surface area contributed by atoms with E-state index >= 15 is 0 Å². The largest absolute Gasteiger partial charge is 0.497 e. The molecule has 0 heterocycles. The number of ether oxygens (including phenoxy) is 1. The Morgan fingerprint density at radius 1 is 1.22 bits per heavy atom. The van der Waals surface area contributed by atoms with Crippen molar-refractivity contribution in [2.75, 3.05) is 20.2 Å². The van der Waals surface area contributed by atoms with E-state index in [2.05, 4.69) is 29.7 Å². The number of guanidine groups is 1. The zero-order chi connectivity index (χ0) is 15.6. The van der Waals surface area contributed by atoms with Crippen LogP contribution in [0.2, 0.25) is 0 Å². The molecule has 1 aromatic rings. The Morgan fingerprint density at radius 3 is 2.52 bits per heavy atom. The summed E-state index contributed by atoms with van der Waals surface area (Å²) in [5.74, 6) is 1.89. The third-order valence-electron chi connectivity index (χ3n) is 4.09. The van der Waals surface area contributed by atoms with E-state index in [9.17, 15) is 0 Å². The van der Waals surface area contributed by atoms with E-state index < -0.39 is 0 Å². The van der Waals surface area contributed by atoms with Crippen molar-refractivity contribution < 1.29 is 4.74 Å². The highest BCUT2D eigenvalue weighted by molar-refractivity contribution is 14.0. The predicted molar refractivity (Wildman–Crippen MR) is 108 cm³/mol. The molecule has 0 radical (unpaired) electrons. The molecule has 0 unspecified atom stereocenters. The van der Waals surface area contributed by atoms with Gasteiger partial charge >= 0.3 is 0 Å². The van der Waals surface area contributed by atoms with Gasteiger partial charge in [0.05, 0.1) is 7.11 Å². The van der Waals surface area contributed by atoms with Crippen molar-refractivity contribution in [3.05, 3.63) is 29.8 Å². The first-order valence-electron chi connectivity index (χ1n) is 8.49. The van der Waals surface area contributed by atoms with Gasteiger partial charge in [-0.2, -0.15) is 0 Å². The summed E-state index contributed by atoms with van der Waals surface area (Å²) in [5.41, 5.74) is 1.34. The summed E-state index contributed by atoms with van der Waals surface area (Å²) >= 11 is 0. The van der Waals surface area contributed by atoms with E-state index in [1.165, 1.54) is 31.2 Å². The summed E-state index contributed by atoms with van der Waals surface area (Å²) < 4.78 is 5.18. The van der Waals surface area contributed by atoms with Crippen molar-refractivity contribution in [2.45, 2.75) is 51.5 Å². The summed E-state index contributed by atoms with van der Waals surface area (Å²) in [5, 5.41) is 6.90. The van der Waals surface area contributed by atoms with Crippen LogP contribution in [-0.2, 0) is 6.42 Å². The molecule has 2 N–H and O–H groups in total. The molecule has 130 valence electrons. The molecular formula is C18H30IN3O. The molecule has 0 bridgehead atoms. The monoisotopic (exact) mass is 431 g/mol. The lowest BCUT2D eigenvalue weighted by atomic mass is 10.1. The number of hydrogen-bond acceptors (Lipinski definition) is 2. The van der Waals surface area contributed by atoms with Crippen molar-refractivity contribution in [3.63, 3.8) is 0 Å². The van der Waals surface area contributed by atoms with Crippen molar-refractivity contribution in [1.82, 2.24) is 10.6 Å². The van der Waals surface area contributed by atoms with Gasteiger partial charge in [0.2, 0.25) is 0 Å². The summed E-state index contributed by atoms with van der Waals surface area (Å²) in [6.45, 7) is 3.88. The number of methoxy groups -OCH3 is 1. The second-order valence-corrected chi connectivity index (χ2v) is 5.84. The Balaban J connectivity index is 0.00000264. The topological polar surface area (TPSA) is 45.7 Å². The zero-order valence-electron chi connectivity index (χ0n) is 14.3. The highest BCUT2D eigenvalue weighted by Gasteiger charge is 2.15. The number of nitrogens with one attached hydrogen (secondary N) is 2. The van der Waals surface area contributed by atoms with Gasteiger partial charge in [0, 0.05) is 19.1 Å². The maximum absolute atomic E-state index is 5.18. The average molecular weight is 431 g/mol. The molecule has 0 amide bonds. The number of rotatable bonds is 7. The lowest BCUT2D eigenvalue weighted by Crippen LogP contribution is -2.42. The first-order chi connectivity index (χ1) is 10.8. The van der Waals surface area contributed by atoms with E-state index in [-0.39, 0.29) is 24.0 Å². The molecule has 1 aliphatic carbocycles. The molecule has 1 aromatic carbocycles. The van der Waals surface area contributed by atoms with Gasteiger partial charge in [0.25, 0.3) is 0 Å². The summed E-state index contributed by atoms with van der Waals surface area (Å²) in [6.07, 6.45) is 7.35. The Bertz CT molecular complexity index is 456. The van der Waals surface area contributed by atoms with Crippen LogP contribution in [0.1, 0.15) is 44.6 Å². The van der Waals surface area contributed by atoms with Crippen LogP contribution >= 0.6 is 24.0 Å². The van der Waals surface area contributed by atoms with Crippen molar-refractivity contribution in [2.24, 2.45) is 4.99 Å². The van der Waals surface area contributed by atoms with Crippen LogP contribution in [0.4, 0.5) is 0 Å². The normalized spacial score (nSPS) is 15.1. The lowest BCUT2D eigenvalue weighted by Gasteiger charge is -2.16. The molecule has 2 rings (SSSR count). The smallest absolute Gasteiger partial charge is 0.191 e. The van der Waals surface area contributed by atoms with E-state index in [1.54, 1.807) is 7.11 Å². The molecule has 0 saturated heterocycles. The van der Waals surface area contributed by atoms with Gasteiger partial charge in [-0.25, -0.2) is 0 Å². The Hall–Kier alpha value is -0.980. The van der Waals surface area contributed by atoms with E-state index in [4.69, 9.17) is 9.73 Å². The van der Waals surface area contributed by atoms with Gasteiger partial charge in [-0.1, -0.05) is 25.0 Å². The molecule has 0 aromatic heterocycles. The average Bonchev–Trinajstić information content (AvgIpc) is 3.05. The lowest BCUT2D eigenvalue weighted by molar-refractivity contribution is 0.414. The molecule has 0 aliphatic heterocycles. The first-order valence-corrected chi connectivity index (χ1v) is 8.49. The van der Waals surface area contributed by atoms with Gasteiger partial charge in [0.1, 0.15) is 5.75 Å². The summed E-state index contributed by atoms with van der Waals surface area (Å²) in [4.78, 5) is 4.70. The second kappa shape index (κ2) is 11.5. The van der Waals surface area contributed by atoms with Crippen LogP contribution in [0, 0.1) is 0 Å². The third-order valence-corrected chi connectivity index (χ3v) is 4.09. The van der Waals surface area contributed by atoms with Crippen molar-refractivity contribution in [1.29, 1.82) is 0 Å². The number of benzene rings is 1. The quantitative estimate of drug-likeness (QED) is 0.299. The van der Waals surface area contributed by atoms with Gasteiger partial charge in [-0.05, 0) is 50.3 Å². The Labute approximate surface area is 157 Å². The van der Waals surface area contributed by atoms with Crippen LogP contribution in [0.3, 0.4) is 0 Å². The van der Waals surface area contributed by atoms with E-state index in [0.717, 1.165) is 37.6 Å². The first kappa shape index (κ1) is 20.1. The zero-order valence-corrected chi connectivity index (χ0v) is 16.6. The van der Waals surface area contributed by atoms with Gasteiger partial charge < -0.3 is 15.4 Å². The molecule has 1 fully saturated rings. The molecule has 23 heavy (non-hydrogen) atoms. The minimum absolute atomic E-state index is 0. The van der Waals surface area contributed by atoms with Crippen molar-refractivity contribution in [3.8, 4) is 5.75 Å². The highest BCUT2D eigenvalue weighted by Crippen LogP contribution is 2.17. The number of nitrogens with zero attached hydrogens (tertiary/aromatic N) is 1. The molecule has 1 saturated carbocycles. The van der Waals surface area contributed by atoms with Gasteiger partial charge in [-0.15, -0.1) is 24.0 Å². The predicted octanol–water partition coefficient (Wildman–Crippen LogP) is 3.74. The second-order valence-electron chi connectivity index (χ2n) is 5.84. The van der Waals surface area contributed by atoms with Crippen LogP contribution < -0.4 is 15.4 Å². The molecule has 4 nitrogen and oxygen atoms in total. The van der Waals surface area contributed by atoms with E-state index in [1.807, 2.05) is 12.1 Å². The maximum atomic E-state index is 5.18. The maximum Gasteiger partial charge on any atom is 0.191 e. The highest BCUT2D eigenvalue weighted by atomic mass is 127. The Kier molecular flexibility index (Phi) is 10.1. The standard InChI is InChI=1S/C18H29N3O.HI/c1-3-19-18(21-16-8-4-5-9-16)20-14-6-7-15-10-12-17(22-2)13-11-15;/h10-13,16H,3-9,14H2,1-2H3,(H2,19,20,21);1H. The number of aliphatic imine (C=N–C) groups is 1. The molecular weight excluding hydrogens is 401 g/mol. The van der Waals surface area contributed by atoms with E-state index in [0.29, 0.717) is 6.04 Å². The summed E-state index contributed by atoms with van der Waals surface area (Å²) in [7, 11) is 1.70. The Morgan fingerprint density at radius 2 is 1.91 bits per heavy atom. The molecule has 0 atom stereocenters. The third kappa shape index (κ3) is 7.42. The SMILES string of the molecule is CCNC(=NCCCc1ccc(OC)cc1)NC1CCCC1.I. The minimum atomic E-state index is 0. The minimum Gasteiger partial charge on any atom is -0.497 e. The molecule has 5 heteroatoms. The van der Waals surface area contributed by atoms with Crippen LogP contribution in [0.25, 0.3) is 0 Å². The number of hydrogen-bond donors (Lipinski definition) is 2. The number of halogens is 1. The van der Waals surface area contributed by atoms with Crippen LogP contribution in [0.15, 0.2) is 29.3 Å². The number of aryl methyl sites for hydroxylation is 1. The van der Waals surface area contributed by atoms with Crippen molar-refractivity contribution >= 4 is 29.9 Å². The fraction of sp³-hybridized carbons (Fsp3) is 0.611. The molecule has 1 aliphatic rings. The fourth-order valence-electron chi connectivity index (χ4n) is 2.85. The van der Waals surface area contributed by atoms with Gasteiger partial charge in [0.15, 0.2) is 5.96 Å². The van der Waals surface area contributed by atoms with Gasteiger partial charge in [-0.3, -0.25) is 4.99 Å². The van der Waals surface area contributed by atoms with Crippen LogP contribution in [0.5, 0.6) is 5.75 Å². The van der Waals surface area contributed by atoms with Crippen LogP contribution in [-0.4, -0.2) is 32.2 Å².